The lowest BCUT2D eigenvalue weighted by molar-refractivity contribution is 0.0524. The second-order valence-electron chi connectivity index (χ2n) is 2.14. The summed E-state index contributed by atoms with van der Waals surface area (Å²) in [4.78, 5) is 24.7. The molecule has 0 saturated carbocycles. The van der Waals surface area contributed by atoms with Crippen LogP contribution in [0.2, 0.25) is 0 Å². The maximum atomic E-state index is 11.0. The Labute approximate surface area is 69.2 Å². The molecule has 0 spiro atoms. The number of esters is 1. The average molecular weight is 167 g/mol. The fourth-order valence-corrected chi connectivity index (χ4v) is 0.785. The van der Waals surface area contributed by atoms with Gasteiger partial charge in [0.2, 0.25) is 0 Å². The van der Waals surface area contributed by atoms with Crippen LogP contribution in [0.5, 0.6) is 0 Å². The van der Waals surface area contributed by atoms with Crippen molar-refractivity contribution in [3.63, 3.8) is 0 Å². The Morgan fingerprint density at radius 3 is 3.00 bits per heavy atom. The van der Waals surface area contributed by atoms with Crippen LogP contribution in [-0.2, 0) is 4.74 Å². The molecule has 0 radical (unpaired) electrons. The molecule has 0 atom stereocenters. The van der Waals surface area contributed by atoms with Crippen LogP contribution < -0.4 is 5.43 Å². The SMILES string of the molecule is CCOC(=O)c1c[nH]ccc1=O. The summed E-state index contributed by atoms with van der Waals surface area (Å²) >= 11 is 0. The van der Waals surface area contributed by atoms with E-state index in [1.807, 2.05) is 0 Å². The van der Waals surface area contributed by atoms with Crippen LogP contribution in [0.25, 0.3) is 0 Å². The predicted molar refractivity (Wildman–Crippen MR) is 43.0 cm³/mol. The molecule has 0 unspecified atom stereocenters. The van der Waals surface area contributed by atoms with Gasteiger partial charge in [-0.1, -0.05) is 0 Å². The fraction of sp³-hybridized carbons (Fsp3) is 0.250. The summed E-state index contributed by atoms with van der Waals surface area (Å²) in [5.74, 6) is -0.584. The summed E-state index contributed by atoms with van der Waals surface area (Å²) in [5, 5.41) is 0. The normalized spacial score (nSPS) is 9.42. The Hall–Kier alpha value is -1.58. The molecule has 0 fully saturated rings. The summed E-state index contributed by atoms with van der Waals surface area (Å²) < 4.78 is 4.65. The lowest BCUT2D eigenvalue weighted by Crippen LogP contribution is -2.16. The van der Waals surface area contributed by atoms with Crippen molar-refractivity contribution in [3.8, 4) is 0 Å². The molecular formula is C8H9NO3. The highest BCUT2D eigenvalue weighted by atomic mass is 16.5. The maximum absolute atomic E-state index is 11.0. The van der Waals surface area contributed by atoms with Gasteiger partial charge in [-0.2, -0.15) is 0 Å². The number of ether oxygens (including phenoxy) is 1. The molecule has 1 aromatic heterocycles. The number of hydrogen-bond donors (Lipinski definition) is 1. The molecule has 0 aromatic carbocycles. The molecule has 4 heteroatoms. The van der Waals surface area contributed by atoms with Gasteiger partial charge in [-0.05, 0) is 6.92 Å². The van der Waals surface area contributed by atoms with E-state index < -0.39 is 5.97 Å². The van der Waals surface area contributed by atoms with Crippen LogP contribution in [0.3, 0.4) is 0 Å². The summed E-state index contributed by atoms with van der Waals surface area (Å²) in [7, 11) is 0. The summed E-state index contributed by atoms with van der Waals surface area (Å²) in [6.07, 6.45) is 2.80. The smallest absolute Gasteiger partial charge is 0.343 e. The number of hydrogen-bond acceptors (Lipinski definition) is 3. The average Bonchev–Trinajstić information content (AvgIpc) is 2.05. The largest absolute Gasteiger partial charge is 0.462 e. The third-order valence-electron chi connectivity index (χ3n) is 1.32. The van der Waals surface area contributed by atoms with Crippen LogP contribution in [0.1, 0.15) is 17.3 Å². The summed E-state index contributed by atoms with van der Waals surface area (Å²) in [5.41, 5.74) is -0.286. The molecule has 0 amide bonds. The zero-order valence-electron chi connectivity index (χ0n) is 6.66. The van der Waals surface area contributed by atoms with Gasteiger partial charge in [0.1, 0.15) is 5.56 Å². The minimum absolute atomic E-state index is 0.0411. The van der Waals surface area contributed by atoms with Crippen molar-refractivity contribution in [2.75, 3.05) is 6.61 Å². The lowest BCUT2D eigenvalue weighted by Gasteiger charge is -1.98. The highest BCUT2D eigenvalue weighted by Crippen LogP contribution is 1.91. The van der Waals surface area contributed by atoms with E-state index in [-0.39, 0.29) is 17.6 Å². The Kier molecular flexibility index (Phi) is 2.63. The zero-order valence-corrected chi connectivity index (χ0v) is 6.66. The number of aromatic nitrogens is 1. The van der Waals surface area contributed by atoms with E-state index in [1.165, 1.54) is 18.5 Å². The van der Waals surface area contributed by atoms with Crippen molar-refractivity contribution in [1.82, 2.24) is 4.98 Å². The van der Waals surface area contributed by atoms with Gasteiger partial charge >= 0.3 is 5.97 Å². The van der Waals surface area contributed by atoms with Gasteiger partial charge in [0, 0.05) is 18.5 Å². The van der Waals surface area contributed by atoms with Gasteiger partial charge in [-0.3, -0.25) is 4.79 Å². The third-order valence-corrected chi connectivity index (χ3v) is 1.32. The number of H-pyrrole nitrogens is 1. The van der Waals surface area contributed by atoms with E-state index in [9.17, 15) is 9.59 Å². The monoisotopic (exact) mass is 167 g/mol. The number of rotatable bonds is 2. The molecule has 0 aliphatic carbocycles. The van der Waals surface area contributed by atoms with Gasteiger partial charge < -0.3 is 9.72 Å². The van der Waals surface area contributed by atoms with Gasteiger partial charge in [-0.25, -0.2) is 4.79 Å². The van der Waals surface area contributed by atoms with Crippen LogP contribution >= 0.6 is 0 Å². The Morgan fingerprint density at radius 1 is 1.67 bits per heavy atom. The summed E-state index contributed by atoms with van der Waals surface area (Å²) in [6.45, 7) is 1.96. The first-order valence-corrected chi connectivity index (χ1v) is 3.60. The van der Waals surface area contributed by atoms with Gasteiger partial charge in [0.25, 0.3) is 0 Å². The van der Waals surface area contributed by atoms with Crippen molar-refractivity contribution in [2.24, 2.45) is 0 Å². The molecule has 1 rings (SSSR count). The Morgan fingerprint density at radius 2 is 2.42 bits per heavy atom. The predicted octanol–water partition coefficient (Wildman–Crippen LogP) is 0.552. The van der Waals surface area contributed by atoms with E-state index in [1.54, 1.807) is 6.92 Å². The van der Waals surface area contributed by atoms with Crippen molar-refractivity contribution in [2.45, 2.75) is 6.92 Å². The van der Waals surface area contributed by atoms with E-state index in [0.717, 1.165) is 0 Å². The van der Waals surface area contributed by atoms with Crippen molar-refractivity contribution < 1.29 is 9.53 Å². The highest BCUT2D eigenvalue weighted by Gasteiger charge is 2.08. The summed E-state index contributed by atoms with van der Waals surface area (Å²) in [6, 6.07) is 1.28. The molecule has 4 nitrogen and oxygen atoms in total. The van der Waals surface area contributed by atoms with E-state index in [0.29, 0.717) is 0 Å². The Bertz CT molecular complexity index is 329. The van der Waals surface area contributed by atoms with Crippen LogP contribution in [-0.4, -0.2) is 17.6 Å². The minimum atomic E-state index is -0.584. The highest BCUT2D eigenvalue weighted by molar-refractivity contribution is 5.88. The lowest BCUT2D eigenvalue weighted by atomic mass is 10.3. The second kappa shape index (κ2) is 3.71. The molecule has 1 N–H and O–H groups in total. The van der Waals surface area contributed by atoms with Crippen molar-refractivity contribution >= 4 is 5.97 Å². The number of carbonyl (C=O) groups excluding carboxylic acids is 1. The van der Waals surface area contributed by atoms with E-state index in [2.05, 4.69) is 9.72 Å². The standard InChI is InChI=1S/C8H9NO3/c1-2-12-8(11)6-5-9-4-3-7(6)10/h3-5H,2H2,1H3,(H,9,10). The number of nitrogens with one attached hydrogen (secondary N) is 1. The first kappa shape index (κ1) is 8.52. The van der Waals surface area contributed by atoms with E-state index >= 15 is 0 Å². The van der Waals surface area contributed by atoms with Gasteiger partial charge in [-0.15, -0.1) is 0 Å². The molecule has 0 bridgehead atoms. The number of aromatic amines is 1. The van der Waals surface area contributed by atoms with Crippen molar-refractivity contribution in [3.05, 3.63) is 34.2 Å². The molecule has 12 heavy (non-hydrogen) atoms. The van der Waals surface area contributed by atoms with Gasteiger partial charge in [0.05, 0.1) is 6.61 Å². The minimum Gasteiger partial charge on any atom is -0.462 e. The first-order valence-electron chi connectivity index (χ1n) is 3.60. The van der Waals surface area contributed by atoms with Crippen LogP contribution in [0.4, 0.5) is 0 Å². The zero-order chi connectivity index (χ0) is 8.97. The molecule has 0 aliphatic rings. The van der Waals surface area contributed by atoms with Crippen LogP contribution in [0.15, 0.2) is 23.3 Å². The molecule has 1 aromatic rings. The van der Waals surface area contributed by atoms with Gasteiger partial charge in [0.15, 0.2) is 5.43 Å². The molecule has 0 saturated heterocycles. The molecular weight excluding hydrogens is 158 g/mol. The topological polar surface area (TPSA) is 59.2 Å². The fourth-order valence-electron chi connectivity index (χ4n) is 0.785. The number of pyridine rings is 1. The maximum Gasteiger partial charge on any atom is 0.343 e. The second-order valence-corrected chi connectivity index (χ2v) is 2.14. The molecule has 0 aliphatic heterocycles. The van der Waals surface area contributed by atoms with E-state index in [4.69, 9.17) is 0 Å². The quantitative estimate of drug-likeness (QED) is 0.654. The molecule has 64 valence electrons. The molecule has 1 heterocycles. The van der Waals surface area contributed by atoms with Crippen LogP contribution in [0, 0.1) is 0 Å². The Balaban J connectivity index is 2.95. The number of carbonyl (C=O) groups is 1. The third kappa shape index (κ3) is 1.72. The van der Waals surface area contributed by atoms with Crippen molar-refractivity contribution in [1.29, 1.82) is 0 Å². The first-order chi connectivity index (χ1) is 5.75.